The van der Waals surface area contributed by atoms with E-state index in [2.05, 4.69) is 30.2 Å². The van der Waals surface area contributed by atoms with E-state index in [4.69, 9.17) is 5.73 Å². The van der Waals surface area contributed by atoms with Crippen LogP contribution in [0.15, 0.2) is 11.4 Å². The lowest BCUT2D eigenvalue weighted by Crippen LogP contribution is -2.08. The van der Waals surface area contributed by atoms with Crippen LogP contribution in [0.25, 0.3) is 0 Å². The molecule has 1 aromatic rings. The summed E-state index contributed by atoms with van der Waals surface area (Å²) in [6.45, 7) is 3.97. The third-order valence-electron chi connectivity index (χ3n) is 2.00. The Morgan fingerprint density at radius 2 is 2.38 bits per heavy atom. The SMILES string of the molecule is CC#CCCC(N)c1sccc1C. The second-order valence-electron chi connectivity index (χ2n) is 3.04. The molecule has 1 nitrogen and oxygen atoms in total. The van der Waals surface area contributed by atoms with Crippen molar-refractivity contribution in [1.82, 2.24) is 0 Å². The van der Waals surface area contributed by atoms with Gasteiger partial charge in [-0.2, -0.15) is 0 Å². The summed E-state index contributed by atoms with van der Waals surface area (Å²) in [6.07, 6.45) is 1.86. The van der Waals surface area contributed by atoms with Gasteiger partial charge in [-0.1, -0.05) is 0 Å². The minimum Gasteiger partial charge on any atom is -0.323 e. The summed E-state index contributed by atoms with van der Waals surface area (Å²) < 4.78 is 0. The Kier molecular flexibility index (Phi) is 4.01. The van der Waals surface area contributed by atoms with Gasteiger partial charge < -0.3 is 5.73 Å². The molecule has 70 valence electrons. The average Bonchev–Trinajstić information content (AvgIpc) is 2.52. The molecule has 1 aromatic heterocycles. The van der Waals surface area contributed by atoms with E-state index in [1.54, 1.807) is 11.3 Å². The predicted octanol–water partition coefficient (Wildman–Crippen LogP) is 2.86. The normalized spacial score (nSPS) is 11.9. The van der Waals surface area contributed by atoms with Gasteiger partial charge in [0.25, 0.3) is 0 Å². The maximum absolute atomic E-state index is 6.02. The van der Waals surface area contributed by atoms with Crippen molar-refractivity contribution in [3.63, 3.8) is 0 Å². The molecule has 13 heavy (non-hydrogen) atoms. The van der Waals surface area contributed by atoms with E-state index in [0.717, 1.165) is 12.8 Å². The van der Waals surface area contributed by atoms with Crippen LogP contribution in [-0.2, 0) is 0 Å². The highest BCUT2D eigenvalue weighted by Gasteiger charge is 2.08. The zero-order valence-electron chi connectivity index (χ0n) is 8.13. The summed E-state index contributed by atoms with van der Waals surface area (Å²) in [5, 5.41) is 2.09. The fourth-order valence-electron chi connectivity index (χ4n) is 1.25. The molecule has 2 N–H and O–H groups in total. The number of thiophene rings is 1. The Morgan fingerprint density at radius 3 is 2.92 bits per heavy atom. The summed E-state index contributed by atoms with van der Waals surface area (Å²) in [7, 11) is 0. The highest BCUT2D eigenvalue weighted by atomic mass is 32.1. The summed E-state index contributed by atoms with van der Waals surface area (Å²) in [5.41, 5.74) is 7.33. The molecule has 0 amide bonds. The van der Waals surface area contributed by atoms with E-state index in [1.165, 1.54) is 10.4 Å². The van der Waals surface area contributed by atoms with Crippen LogP contribution in [0.1, 0.15) is 36.2 Å². The molecule has 1 heterocycles. The molecule has 0 aromatic carbocycles. The minimum atomic E-state index is 0.167. The molecule has 0 saturated carbocycles. The average molecular weight is 193 g/mol. The second-order valence-corrected chi connectivity index (χ2v) is 3.99. The topological polar surface area (TPSA) is 26.0 Å². The third kappa shape index (κ3) is 2.87. The lowest BCUT2D eigenvalue weighted by Gasteiger charge is -2.08. The van der Waals surface area contributed by atoms with Gasteiger partial charge in [0.15, 0.2) is 0 Å². The first kappa shape index (κ1) is 10.3. The molecule has 0 radical (unpaired) electrons. The number of rotatable bonds is 3. The van der Waals surface area contributed by atoms with Gasteiger partial charge >= 0.3 is 0 Å². The molecule has 0 aliphatic heterocycles. The molecule has 1 atom stereocenters. The van der Waals surface area contributed by atoms with Gasteiger partial charge in [0.1, 0.15) is 0 Å². The van der Waals surface area contributed by atoms with Crippen LogP contribution in [0.3, 0.4) is 0 Å². The number of aryl methyl sites for hydroxylation is 1. The quantitative estimate of drug-likeness (QED) is 0.734. The van der Waals surface area contributed by atoms with E-state index in [1.807, 2.05) is 6.92 Å². The lowest BCUT2D eigenvalue weighted by atomic mass is 10.1. The molecule has 0 aliphatic rings. The van der Waals surface area contributed by atoms with Crippen LogP contribution in [0.2, 0.25) is 0 Å². The van der Waals surface area contributed by atoms with Gasteiger partial charge in [-0.25, -0.2) is 0 Å². The number of hydrogen-bond donors (Lipinski definition) is 1. The predicted molar refractivity (Wildman–Crippen MR) is 58.7 cm³/mol. The maximum Gasteiger partial charge on any atom is 0.0401 e. The summed E-state index contributed by atoms with van der Waals surface area (Å²) >= 11 is 1.74. The lowest BCUT2D eigenvalue weighted by molar-refractivity contribution is 0.676. The first-order valence-electron chi connectivity index (χ1n) is 4.45. The molecule has 0 saturated heterocycles. The van der Waals surface area contributed by atoms with Crippen molar-refractivity contribution in [2.75, 3.05) is 0 Å². The van der Waals surface area contributed by atoms with Gasteiger partial charge in [-0.15, -0.1) is 23.2 Å². The van der Waals surface area contributed by atoms with Gasteiger partial charge in [-0.05, 0) is 37.3 Å². The first-order valence-corrected chi connectivity index (χ1v) is 5.33. The monoisotopic (exact) mass is 193 g/mol. The number of nitrogens with two attached hydrogens (primary N) is 1. The van der Waals surface area contributed by atoms with Gasteiger partial charge in [0.2, 0.25) is 0 Å². The number of hydrogen-bond acceptors (Lipinski definition) is 2. The molecular formula is C11H15NS. The van der Waals surface area contributed by atoms with Crippen LogP contribution < -0.4 is 5.73 Å². The smallest absolute Gasteiger partial charge is 0.0401 e. The van der Waals surface area contributed by atoms with E-state index in [-0.39, 0.29) is 6.04 Å². The third-order valence-corrected chi connectivity index (χ3v) is 3.15. The summed E-state index contributed by atoms with van der Waals surface area (Å²) in [6, 6.07) is 2.28. The minimum absolute atomic E-state index is 0.167. The fraction of sp³-hybridized carbons (Fsp3) is 0.455. The highest BCUT2D eigenvalue weighted by Crippen LogP contribution is 2.24. The van der Waals surface area contributed by atoms with Crippen LogP contribution in [0.5, 0.6) is 0 Å². The Hall–Kier alpha value is -0.780. The zero-order chi connectivity index (χ0) is 9.68. The van der Waals surface area contributed by atoms with E-state index < -0.39 is 0 Å². The molecular weight excluding hydrogens is 178 g/mol. The second kappa shape index (κ2) is 5.06. The Morgan fingerprint density at radius 1 is 1.62 bits per heavy atom. The Labute approximate surface area is 84.0 Å². The summed E-state index contributed by atoms with van der Waals surface area (Å²) in [5.74, 6) is 5.92. The van der Waals surface area contributed by atoms with Crippen molar-refractivity contribution in [3.8, 4) is 11.8 Å². The molecule has 0 spiro atoms. The van der Waals surface area contributed by atoms with E-state index in [0.29, 0.717) is 0 Å². The van der Waals surface area contributed by atoms with Crippen molar-refractivity contribution < 1.29 is 0 Å². The largest absolute Gasteiger partial charge is 0.323 e. The molecule has 0 fully saturated rings. The highest BCUT2D eigenvalue weighted by molar-refractivity contribution is 7.10. The Bertz CT molecular complexity index is 316. The van der Waals surface area contributed by atoms with Gasteiger partial charge in [-0.3, -0.25) is 0 Å². The standard InChI is InChI=1S/C11H15NS/c1-3-4-5-6-10(12)11-9(2)7-8-13-11/h7-8,10H,5-6,12H2,1-2H3. The first-order chi connectivity index (χ1) is 6.25. The molecule has 0 aliphatic carbocycles. The van der Waals surface area contributed by atoms with Crippen molar-refractivity contribution in [3.05, 3.63) is 21.9 Å². The van der Waals surface area contributed by atoms with Crippen molar-refractivity contribution in [1.29, 1.82) is 0 Å². The Balaban J connectivity index is 2.52. The van der Waals surface area contributed by atoms with Crippen LogP contribution in [0, 0.1) is 18.8 Å². The van der Waals surface area contributed by atoms with E-state index >= 15 is 0 Å². The summed E-state index contributed by atoms with van der Waals surface area (Å²) in [4.78, 5) is 1.30. The molecule has 0 bridgehead atoms. The molecule has 2 heteroatoms. The fourth-order valence-corrected chi connectivity index (χ4v) is 2.21. The maximum atomic E-state index is 6.02. The van der Waals surface area contributed by atoms with Crippen molar-refractivity contribution in [2.24, 2.45) is 5.73 Å². The molecule has 1 rings (SSSR count). The van der Waals surface area contributed by atoms with Gasteiger partial charge in [0.05, 0.1) is 0 Å². The van der Waals surface area contributed by atoms with Crippen LogP contribution in [-0.4, -0.2) is 0 Å². The van der Waals surface area contributed by atoms with Crippen molar-refractivity contribution >= 4 is 11.3 Å². The van der Waals surface area contributed by atoms with Crippen LogP contribution >= 0.6 is 11.3 Å². The zero-order valence-corrected chi connectivity index (χ0v) is 8.95. The van der Waals surface area contributed by atoms with E-state index in [9.17, 15) is 0 Å². The van der Waals surface area contributed by atoms with Gasteiger partial charge in [0, 0.05) is 17.3 Å². The van der Waals surface area contributed by atoms with Crippen molar-refractivity contribution in [2.45, 2.75) is 32.7 Å². The van der Waals surface area contributed by atoms with Crippen LogP contribution in [0.4, 0.5) is 0 Å². The molecule has 1 unspecified atom stereocenters.